The van der Waals surface area contributed by atoms with Crippen LogP contribution in [0.5, 0.6) is 0 Å². The summed E-state index contributed by atoms with van der Waals surface area (Å²) in [5.74, 6) is -0.504. The second kappa shape index (κ2) is 7.51. The zero-order valence-corrected chi connectivity index (χ0v) is 11.1. The third-order valence-electron chi connectivity index (χ3n) is 1.36. The van der Waals surface area contributed by atoms with E-state index in [0.717, 1.165) is 5.56 Å². The Balaban J connectivity index is 0. The maximum atomic E-state index is 11.0. The van der Waals surface area contributed by atoms with Crippen LogP contribution in [0.1, 0.15) is 6.99 Å². The van der Waals surface area contributed by atoms with Crippen molar-refractivity contribution in [3.8, 4) is 0 Å². The summed E-state index contributed by atoms with van der Waals surface area (Å²) in [6.07, 6.45) is 0.150. The molecule has 14 heavy (non-hydrogen) atoms. The van der Waals surface area contributed by atoms with E-state index < -0.39 is 5.97 Å². The Labute approximate surface area is 116 Å². The standard InChI is InChI=1S/C8H7Cl2NO2.Na.H/c9-11(10)13-8(12)6-7-4-2-1-3-5-7;;/h1-5H,6H2;;/q;+1;-1. The summed E-state index contributed by atoms with van der Waals surface area (Å²) in [7, 11) is 0. The Morgan fingerprint density at radius 3 is 2.43 bits per heavy atom. The van der Waals surface area contributed by atoms with Crippen LogP contribution in [0.4, 0.5) is 0 Å². The molecule has 72 valence electrons. The molecule has 0 unspecified atom stereocenters. The van der Waals surface area contributed by atoms with E-state index in [4.69, 9.17) is 23.6 Å². The molecule has 0 spiro atoms. The summed E-state index contributed by atoms with van der Waals surface area (Å²) in [6, 6.07) is 9.16. The minimum atomic E-state index is -0.504. The molecule has 6 heteroatoms. The van der Waals surface area contributed by atoms with Crippen molar-refractivity contribution in [3.63, 3.8) is 0 Å². The molecule has 1 aromatic carbocycles. The molecule has 0 aliphatic rings. The number of nitrogens with zero attached hydrogens (tertiary/aromatic N) is 1. The maximum absolute atomic E-state index is 11.0. The van der Waals surface area contributed by atoms with E-state index in [2.05, 4.69) is 4.84 Å². The molecule has 1 aromatic rings. The molecule has 0 heterocycles. The van der Waals surface area contributed by atoms with Crippen LogP contribution in [-0.2, 0) is 16.1 Å². The summed E-state index contributed by atoms with van der Waals surface area (Å²) in [5, 5.41) is 0. The Morgan fingerprint density at radius 2 is 1.93 bits per heavy atom. The Hall–Kier alpha value is 0.230. The predicted molar refractivity (Wildman–Crippen MR) is 50.9 cm³/mol. The van der Waals surface area contributed by atoms with Crippen LogP contribution in [0.3, 0.4) is 0 Å². The van der Waals surface area contributed by atoms with E-state index in [1.807, 2.05) is 30.3 Å². The van der Waals surface area contributed by atoms with Crippen LogP contribution in [0, 0.1) is 0 Å². The van der Waals surface area contributed by atoms with Gasteiger partial charge in [0, 0.05) is 27.7 Å². The van der Waals surface area contributed by atoms with Crippen LogP contribution < -0.4 is 29.6 Å². The Bertz CT molecular complexity index is 287. The summed E-state index contributed by atoms with van der Waals surface area (Å²) in [4.78, 5) is 15.4. The molecule has 3 nitrogen and oxygen atoms in total. The second-order valence-corrected chi connectivity index (χ2v) is 3.11. The molecule has 1 rings (SSSR count). The van der Waals surface area contributed by atoms with Crippen LogP contribution in [0.2, 0.25) is 0 Å². The van der Waals surface area contributed by atoms with Gasteiger partial charge in [-0.3, -0.25) is 0 Å². The number of rotatable bonds is 3. The average molecular weight is 244 g/mol. The first-order valence-electron chi connectivity index (χ1n) is 3.55. The molecule has 0 aliphatic heterocycles. The number of benzene rings is 1. The summed E-state index contributed by atoms with van der Waals surface area (Å²) < 4.78 is 0.339. The molecular weight excluding hydrogens is 236 g/mol. The smallest absolute Gasteiger partial charge is 1.00 e. The molecule has 0 bridgehead atoms. The molecule has 0 amide bonds. The van der Waals surface area contributed by atoms with Gasteiger partial charge in [-0.2, -0.15) is 0 Å². The number of halogens is 2. The van der Waals surface area contributed by atoms with E-state index in [0.29, 0.717) is 4.10 Å². The SMILES string of the molecule is O=C(Cc1ccccc1)ON(Cl)Cl.[H-].[Na+]. The van der Waals surface area contributed by atoms with Gasteiger partial charge in [0.2, 0.25) is 0 Å². The Kier molecular flexibility index (Phi) is 7.64. The first-order valence-corrected chi connectivity index (χ1v) is 4.22. The topological polar surface area (TPSA) is 29.5 Å². The fourth-order valence-electron chi connectivity index (χ4n) is 0.872. The van der Waals surface area contributed by atoms with Gasteiger partial charge < -0.3 is 6.26 Å². The van der Waals surface area contributed by atoms with Gasteiger partial charge in [0.05, 0.1) is 6.42 Å². The third-order valence-corrected chi connectivity index (χ3v) is 1.50. The zero-order chi connectivity index (χ0) is 9.68. The van der Waals surface area contributed by atoms with E-state index >= 15 is 0 Å². The normalized spacial score (nSPS) is 9.36. The van der Waals surface area contributed by atoms with Gasteiger partial charge in [-0.05, 0) is 5.56 Å². The van der Waals surface area contributed by atoms with Crippen LogP contribution in [0.25, 0.3) is 0 Å². The summed E-state index contributed by atoms with van der Waals surface area (Å²) in [6.45, 7) is 0. The molecule has 0 saturated carbocycles. The monoisotopic (exact) mass is 243 g/mol. The minimum absolute atomic E-state index is 0. The summed E-state index contributed by atoms with van der Waals surface area (Å²) in [5.41, 5.74) is 0.850. The number of carbonyl (C=O) groups is 1. The first-order chi connectivity index (χ1) is 6.18. The summed E-state index contributed by atoms with van der Waals surface area (Å²) >= 11 is 10.2. The average Bonchev–Trinajstić information content (AvgIpc) is 2.04. The molecule has 0 saturated heterocycles. The zero-order valence-electron chi connectivity index (χ0n) is 8.61. The minimum Gasteiger partial charge on any atom is -1.00 e. The van der Waals surface area contributed by atoms with Crippen molar-refractivity contribution in [2.75, 3.05) is 0 Å². The number of carbonyl (C=O) groups excluding carboxylic acids is 1. The van der Waals surface area contributed by atoms with Gasteiger partial charge in [-0.1, -0.05) is 30.3 Å². The molecule has 0 N–H and O–H groups in total. The van der Waals surface area contributed by atoms with Gasteiger partial charge in [0.1, 0.15) is 0 Å². The fourth-order valence-corrected chi connectivity index (χ4v) is 1.03. The molecule has 0 aliphatic carbocycles. The molecule has 0 aromatic heterocycles. The quantitative estimate of drug-likeness (QED) is 0.404. The van der Waals surface area contributed by atoms with Crippen molar-refractivity contribution in [2.45, 2.75) is 6.42 Å². The van der Waals surface area contributed by atoms with Crippen LogP contribution in [0.15, 0.2) is 30.3 Å². The maximum Gasteiger partial charge on any atom is 1.00 e. The second-order valence-electron chi connectivity index (χ2n) is 2.33. The van der Waals surface area contributed by atoms with Crippen LogP contribution in [-0.4, -0.2) is 10.1 Å². The molecular formula is C8H8Cl2NNaO2. The van der Waals surface area contributed by atoms with E-state index in [1.54, 1.807) is 0 Å². The molecule has 0 fully saturated rings. The largest absolute Gasteiger partial charge is 1.00 e. The van der Waals surface area contributed by atoms with Crippen molar-refractivity contribution in [1.82, 2.24) is 4.10 Å². The first kappa shape index (κ1) is 14.2. The van der Waals surface area contributed by atoms with Crippen molar-refractivity contribution in [2.24, 2.45) is 0 Å². The fraction of sp³-hybridized carbons (Fsp3) is 0.125. The Morgan fingerprint density at radius 1 is 1.36 bits per heavy atom. The van der Waals surface area contributed by atoms with Gasteiger partial charge in [0.15, 0.2) is 0 Å². The predicted octanol–water partition coefficient (Wildman–Crippen LogP) is -0.587. The number of hydrogen-bond donors (Lipinski definition) is 0. The van der Waals surface area contributed by atoms with Crippen LogP contribution >= 0.6 is 23.6 Å². The van der Waals surface area contributed by atoms with E-state index in [-0.39, 0.29) is 37.4 Å². The van der Waals surface area contributed by atoms with Gasteiger partial charge >= 0.3 is 35.5 Å². The van der Waals surface area contributed by atoms with Gasteiger partial charge in [-0.15, -0.1) is 0 Å². The van der Waals surface area contributed by atoms with E-state index in [1.165, 1.54) is 0 Å². The molecule has 0 atom stereocenters. The van der Waals surface area contributed by atoms with E-state index in [9.17, 15) is 4.79 Å². The van der Waals surface area contributed by atoms with Crippen molar-refractivity contribution >= 4 is 29.5 Å². The van der Waals surface area contributed by atoms with Crippen molar-refractivity contribution in [3.05, 3.63) is 35.9 Å². The van der Waals surface area contributed by atoms with Crippen molar-refractivity contribution in [1.29, 1.82) is 0 Å². The van der Waals surface area contributed by atoms with Crippen molar-refractivity contribution < 1.29 is 40.6 Å². The van der Waals surface area contributed by atoms with Gasteiger partial charge in [-0.25, -0.2) is 4.79 Å². The third kappa shape index (κ3) is 5.86. The van der Waals surface area contributed by atoms with Gasteiger partial charge in [0.25, 0.3) is 0 Å². The molecule has 0 radical (unpaired) electrons. The number of hydrogen-bond acceptors (Lipinski definition) is 3.